The molecule has 0 spiro atoms. The van der Waals surface area contributed by atoms with Crippen molar-refractivity contribution in [2.45, 2.75) is 25.0 Å². The van der Waals surface area contributed by atoms with E-state index in [0.717, 1.165) is 0 Å². The Hall–Kier alpha value is -1.18. The van der Waals surface area contributed by atoms with Gasteiger partial charge >= 0.3 is 5.97 Å². The van der Waals surface area contributed by atoms with Crippen molar-refractivity contribution in [2.75, 3.05) is 33.4 Å². The number of morpholine rings is 1. The smallest absolute Gasteiger partial charge is 0.306 e. The normalized spacial score (nSPS) is 21.7. The van der Waals surface area contributed by atoms with Crippen LogP contribution in [0.2, 0.25) is 0 Å². The minimum absolute atomic E-state index is 0.100. The Morgan fingerprint density at radius 1 is 1.61 bits per heavy atom. The second kappa shape index (κ2) is 7.30. The van der Waals surface area contributed by atoms with Gasteiger partial charge in [-0.15, -0.1) is 0 Å². The molecule has 1 heterocycles. The van der Waals surface area contributed by atoms with Crippen molar-refractivity contribution in [3.05, 3.63) is 0 Å². The first-order valence-electron chi connectivity index (χ1n) is 5.91. The highest BCUT2D eigenvalue weighted by molar-refractivity contribution is 5.81. The second-order valence-electron chi connectivity index (χ2n) is 4.26. The Kier molecular flexibility index (Phi) is 6.03. The van der Waals surface area contributed by atoms with E-state index in [1.54, 1.807) is 12.0 Å². The van der Waals surface area contributed by atoms with Crippen LogP contribution < -0.4 is 5.73 Å². The third kappa shape index (κ3) is 4.59. The molecule has 1 rings (SSSR count). The van der Waals surface area contributed by atoms with Gasteiger partial charge in [0.25, 0.3) is 0 Å². The molecule has 0 aliphatic carbocycles. The lowest BCUT2D eigenvalue weighted by atomic mass is 10.1. The van der Waals surface area contributed by atoms with Gasteiger partial charge in [-0.25, -0.2) is 0 Å². The van der Waals surface area contributed by atoms with E-state index in [0.29, 0.717) is 26.2 Å². The molecule has 1 amide bonds. The molecule has 0 aromatic heterocycles. The number of nitrogens with zero attached hydrogens (tertiary/aromatic N) is 1. The molecule has 3 N–H and O–H groups in total. The van der Waals surface area contributed by atoms with Crippen LogP contribution >= 0.6 is 0 Å². The number of ether oxygens (including phenoxy) is 2. The topological polar surface area (TPSA) is 102 Å². The minimum Gasteiger partial charge on any atom is -0.481 e. The van der Waals surface area contributed by atoms with E-state index >= 15 is 0 Å². The lowest BCUT2D eigenvalue weighted by Gasteiger charge is -2.33. The Morgan fingerprint density at radius 2 is 2.33 bits per heavy atom. The number of carboxylic acids is 1. The molecular weight excluding hydrogens is 240 g/mol. The van der Waals surface area contributed by atoms with E-state index < -0.39 is 18.1 Å². The molecule has 7 heteroatoms. The largest absolute Gasteiger partial charge is 0.481 e. The zero-order valence-corrected chi connectivity index (χ0v) is 10.5. The Morgan fingerprint density at radius 3 is 2.94 bits per heavy atom. The molecule has 2 unspecified atom stereocenters. The predicted molar refractivity (Wildman–Crippen MR) is 63.0 cm³/mol. The number of carbonyl (C=O) groups is 2. The van der Waals surface area contributed by atoms with Crippen molar-refractivity contribution in [2.24, 2.45) is 5.73 Å². The van der Waals surface area contributed by atoms with Crippen LogP contribution in [0.5, 0.6) is 0 Å². The van der Waals surface area contributed by atoms with Gasteiger partial charge in [-0.2, -0.15) is 0 Å². The van der Waals surface area contributed by atoms with Crippen LogP contribution in [0.3, 0.4) is 0 Å². The number of carbonyl (C=O) groups excluding carboxylic acids is 1. The fraction of sp³-hybridized carbons (Fsp3) is 0.818. The first kappa shape index (κ1) is 14.9. The SMILES string of the molecule is COCCC(N)C(=O)N1CCOC(CC(=O)O)C1. The Balaban J connectivity index is 2.44. The fourth-order valence-corrected chi connectivity index (χ4v) is 1.84. The van der Waals surface area contributed by atoms with Crippen LogP contribution in [-0.4, -0.2) is 67.4 Å². The van der Waals surface area contributed by atoms with Crippen LogP contribution in [0, 0.1) is 0 Å². The van der Waals surface area contributed by atoms with E-state index in [1.807, 2.05) is 0 Å². The number of hydrogen-bond donors (Lipinski definition) is 2. The predicted octanol–water partition coefficient (Wildman–Crippen LogP) is -0.948. The van der Waals surface area contributed by atoms with Crippen LogP contribution in [0.1, 0.15) is 12.8 Å². The van der Waals surface area contributed by atoms with Crippen LogP contribution in [0.25, 0.3) is 0 Å². The van der Waals surface area contributed by atoms with E-state index in [9.17, 15) is 9.59 Å². The van der Waals surface area contributed by atoms with Gasteiger partial charge in [0.1, 0.15) is 0 Å². The molecule has 1 aliphatic rings. The molecule has 1 fully saturated rings. The number of nitrogens with two attached hydrogens (primary N) is 1. The maximum atomic E-state index is 12.0. The van der Waals surface area contributed by atoms with Crippen molar-refractivity contribution in [1.29, 1.82) is 0 Å². The van der Waals surface area contributed by atoms with E-state index in [1.165, 1.54) is 0 Å². The molecule has 0 bridgehead atoms. The molecule has 0 aromatic carbocycles. The van der Waals surface area contributed by atoms with Gasteiger partial charge < -0.3 is 25.2 Å². The third-order valence-electron chi connectivity index (χ3n) is 2.80. The summed E-state index contributed by atoms with van der Waals surface area (Å²) in [7, 11) is 1.55. The first-order chi connectivity index (χ1) is 8.54. The minimum atomic E-state index is -0.932. The summed E-state index contributed by atoms with van der Waals surface area (Å²) < 4.78 is 10.2. The van der Waals surface area contributed by atoms with Gasteiger partial charge in [0.05, 0.1) is 25.2 Å². The summed E-state index contributed by atoms with van der Waals surface area (Å²) in [6.45, 7) is 1.51. The highest BCUT2D eigenvalue weighted by atomic mass is 16.5. The highest BCUT2D eigenvalue weighted by Crippen LogP contribution is 2.10. The number of amides is 1. The highest BCUT2D eigenvalue weighted by Gasteiger charge is 2.28. The molecule has 7 nitrogen and oxygen atoms in total. The molecule has 0 radical (unpaired) electrons. The molecule has 104 valence electrons. The summed E-state index contributed by atoms with van der Waals surface area (Å²) in [5.41, 5.74) is 5.75. The van der Waals surface area contributed by atoms with E-state index in [2.05, 4.69) is 0 Å². The van der Waals surface area contributed by atoms with Crippen molar-refractivity contribution < 1.29 is 24.2 Å². The molecule has 1 saturated heterocycles. The second-order valence-corrected chi connectivity index (χ2v) is 4.26. The molecule has 1 aliphatic heterocycles. The van der Waals surface area contributed by atoms with E-state index in [-0.39, 0.29) is 18.9 Å². The number of rotatable bonds is 6. The zero-order valence-electron chi connectivity index (χ0n) is 10.5. The Labute approximate surface area is 106 Å². The maximum Gasteiger partial charge on any atom is 0.306 e. The summed E-state index contributed by atoms with van der Waals surface area (Å²) in [6.07, 6.45) is -0.0947. The third-order valence-corrected chi connectivity index (χ3v) is 2.80. The first-order valence-corrected chi connectivity index (χ1v) is 5.91. The molecule has 0 aromatic rings. The van der Waals surface area contributed by atoms with Crippen LogP contribution in [-0.2, 0) is 19.1 Å². The molecular formula is C11H20N2O5. The average Bonchev–Trinajstić information content (AvgIpc) is 2.34. The molecule has 0 saturated carbocycles. The summed E-state index contributed by atoms with van der Waals surface area (Å²) >= 11 is 0. The number of hydrogen-bond acceptors (Lipinski definition) is 5. The van der Waals surface area contributed by atoms with Crippen molar-refractivity contribution in [1.82, 2.24) is 4.90 Å². The van der Waals surface area contributed by atoms with Gasteiger partial charge in [-0.3, -0.25) is 9.59 Å². The maximum absolute atomic E-state index is 12.0. The van der Waals surface area contributed by atoms with Gasteiger partial charge in [-0.05, 0) is 6.42 Å². The van der Waals surface area contributed by atoms with Gasteiger partial charge in [0.2, 0.25) is 5.91 Å². The summed E-state index contributed by atoms with van der Waals surface area (Å²) in [4.78, 5) is 24.1. The fourth-order valence-electron chi connectivity index (χ4n) is 1.84. The average molecular weight is 260 g/mol. The quantitative estimate of drug-likeness (QED) is 0.638. The lowest BCUT2D eigenvalue weighted by Crippen LogP contribution is -2.52. The van der Waals surface area contributed by atoms with E-state index in [4.69, 9.17) is 20.3 Å². The van der Waals surface area contributed by atoms with Crippen LogP contribution in [0.15, 0.2) is 0 Å². The van der Waals surface area contributed by atoms with Crippen LogP contribution in [0.4, 0.5) is 0 Å². The molecule has 18 heavy (non-hydrogen) atoms. The van der Waals surface area contributed by atoms with Gasteiger partial charge in [0.15, 0.2) is 0 Å². The lowest BCUT2D eigenvalue weighted by molar-refractivity contribution is -0.148. The number of aliphatic carboxylic acids is 1. The summed E-state index contributed by atoms with van der Waals surface area (Å²) in [6, 6.07) is -0.603. The summed E-state index contributed by atoms with van der Waals surface area (Å²) in [5.74, 6) is -1.11. The van der Waals surface area contributed by atoms with Crippen molar-refractivity contribution in [3.8, 4) is 0 Å². The van der Waals surface area contributed by atoms with Gasteiger partial charge in [-0.1, -0.05) is 0 Å². The number of methoxy groups -OCH3 is 1. The van der Waals surface area contributed by atoms with Crippen molar-refractivity contribution >= 4 is 11.9 Å². The zero-order chi connectivity index (χ0) is 13.5. The summed E-state index contributed by atoms with van der Waals surface area (Å²) in [5, 5.41) is 8.69. The molecule has 2 atom stereocenters. The van der Waals surface area contributed by atoms with Gasteiger partial charge in [0, 0.05) is 26.8 Å². The number of carboxylic acid groups (broad SMARTS) is 1. The van der Waals surface area contributed by atoms with Crippen molar-refractivity contribution in [3.63, 3.8) is 0 Å². The monoisotopic (exact) mass is 260 g/mol. The Bertz CT molecular complexity index is 297. The standard InChI is InChI=1S/C11H20N2O5/c1-17-4-2-9(12)11(16)13-3-5-18-8(7-13)6-10(14)15/h8-9H,2-7,12H2,1H3,(H,14,15).